The summed E-state index contributed by atoms with van der Waals surface area (Å²) in [6, 6.07) is 59.4. The summed E-state index contributed by atoms with van der Waals surface area (Å²) < 4.78 is 4.38. The second-order valence-corrected chi connectivity index (χ2v) is 12.1. The van der Waals surface area contributed by atoms with E-state index in [0.717, 1.165) is 77.2 Å². The van der Waals surface area contributed by atoms with Gasteiger partial charge in [0.2, 0.25) is 0 Å². The topological polar surface area (TPSA) is 81.2 Å². The molecule has 0 aliphatic heterocycles. The Kier molecular flexibility index (Phi) is 6.47. The Morgan fingerprint density at radius 1 is 0.500 bits per heavy atom. The summed E-state index contributed by atoms with van der Waals surface area (Å²) in [6.45, 7) is 0. The first-order valence-electron chi connectivity index (χ1n) is 16.1. The van der Waals surface area contributed by atoms with Crippen molar-refractivity contribution in [3.05, 3.63) is 168 Å². The average Bonchev–Trinajstić information content (AvgIpc) is 3.70. The fourth-order valence-electron chi connectivity index (χ4n) is 7.31. The van der Waals surface area contributed by atoms with Crippen LogP contribution in [-0.4, -0.2) is 9.13 Å². The van der Waals surface area contributed by atoms with Crippen LogP contribution < -0.4 is 0 Å². The standard InChI is InChI=1S/C45H23N5/c46-26-29-16-23-43-39(24-29)45-32(27-47)8-7-15-44(45)50(43)40-12-4-1-9-36(40)31-19-22-35(33(25-31)28-48)30-17-20-34(21-18-30)49-41-13-5-2-10-37(41)38-11-3-6-14-42(38)49/h1-2,4-10,12-25H. The Morgan fingerprint density at radius 3 is 2.10 bits per heavy atom. The van der Waals surface area contributed by atoms with Crippen LogP contribution in [-0.2, 0) is 0 Å². The van der Waals surface area contributed by atoms with Gasteiger partial charge < -0.3 is 9.13 Å². The number of benzene rings is 6. The van der Waals surface area contributed by atoms with E-state index in [1.165, 1.54) is 0 Å². The molecule has 9 aromatic rings. The first kappa shape index (κ1) is 28.6. The lowest BCUT2D eigenvalue weighted by Gasteiger charge is -2.15. The Labute approximate surface area is 287 Å². The summed E-state index contributed by atoms with van der Waals surface area (Å²) >= 11 is 0. The minimum Gasteiger partial charge on any atom is -0.309 e. The predicted molar refractivity (Wildman–Crippen MR) is 198 cm³/mol. The summed E-state index contributed by atoms with van der Waals surface area (Å²) in [5.74, 6) is 0. The zero-order valence-electron chi connectivity index (χ0n) is 26.5. The van der Waals surface area contributed by atoms with E-state index < -0.39 is 0 Å². The normalized spacial score (nSPS) is 11.0. The van der Waals surface area contributed by atoms with Crippen molar-refractivity contribution >= 4 is 43.6 Å². The number of rotatable bonds is 4. The third kappa shape index (κ3) is 4.26. The van der Waals surface area contributed by atoms with Crippen molar-refractivity contribution < 1.29 is 0 Å². The highest BCUT2D eigenvalue weighted by atomic mass is 15.0. The van der Waals surface area contributed by atoms with Crippen LogP contribution in [0, 0.1) is 46.1 Å². The van der Waals surface area contributed by atoms with Gasteiger partial charge in [-0.25, -0.2) is 0 Å². The Hall–Kier alpha value is -7.57. The van der Waals surface area contributed by atoms with Gasteiger partial charge in [-0.3, -0.25) is 0 Å². The molecule has 5 nitrogen and oxygen atoms in total. The molecule has 5 heteroatoms. The summed E-state index contributed by atoms with van der Waals surface area (Å²) in [6.07, 6.45) is 0. The second-order valence-electron chi connectivity index (χ2n) is 12.1. The fourth-order valence-corrected chi connectivity index (χ4v) is 7.31. The van der Waals surface area contributed by atoms with E-state index in [1.54, 1.807) is 6.07 Å². The van der Waals surface area contributed by atoms with E-state index in [0.29, 0.717) is 16.7 Å². The molecule has 9 rings (SSSR count). The lowest BCUT2D eigenvalue weighted by atomic mass is 9.94. The molecule has 2 aromatic heterocycles. The molecule has 0 bridgehead atoms. The molecular weight excluding hydrogens is 611 g/mol. The van der Waals surface area contributed by atoms with E-state index in [9.17, 15) is 15.8 Å². The number of hydrogen-bond donors (Lipinski definition) is 0. The largest absolute Gasteiger partial charge is 0.309 e. The van der Waals surface area contributed by atoms with Crippen LogP contribution in [0.15, 0.2) is 140 Å². The van der Waals surface area contributed by atoms with Gasteiger partial charge in [0, 0.05) is 27.4 Å². The molecule has 7 aromatic carbocycles. The van der Waals surface area contributed by atoms with Gasteiger partial charge in [-0.1, -0.05) is 78.9 Å². The lowest BCUT2D eigenvalue weighted by molar-refractivity contribution is 1.18. The molecule has 0 aliphatic rings. The van der Waals surface area contributed by atoms with Gasteiger partial charge in [0.1, 0.15) is 0 Å². The SMILES string of the molecule is N#Cc1ccc2c(c1)c1c(C#N)cccc1n2-c1ccccc1-c1ccc(-c2ccc(-n3c4ccc#cc4c4ccccc43)cc2)c(C#N)c1. The van der Waals surface area contributed by atoms with Crippen molar-refractivity contribution in [2.24, 2.45) is 0 Å². The molecule has 0 radical (unpaired) electrons. The number of para-hydroxylation sites is 2. The number of fused-ring (bicyclic) bond motifs is 6. The molecule has 0 atom stereocenters. The highest BCUT2D eigenvalue weighted by Crippen LogP contribution is 2.39. The molecule has 0 spiro atoms. The van der Waals surface area contributed by atoms with Crippen molar-refractivity contribution in [1.29, 1.82) is 15.8 Å². The second kappa shape index (κ2) is 11.3. The van der Waals surface area contributed by atoms with Crippen molar-refractivity contribution in [2.75, 3.05) is 0 Å². The maximum Gasteiger partial charge on any atom is 0.0998 e. The quantitative estimate of drug-likeness (QED) is 0.193. The molecule has 0 fully saturated rings. The van der Waals surface area contributed by atoms with Crippen molar-refractivity contribution in [2.45, 2.75) is 0 Å². The molecule has 0 saturated heterocycles. The third-order valence-electron chi connectivity index (χ3n) is 9.51. The molecule has 0 N–H and O–H groups in total. The molecule has 0 amide bonds. The predicted octanol–water partition coefficient (Wildman–Crippen LogP) is 10.4. The third-order valence-corrected chi connectivity index (χ3v) is 9.51. The first-order chi connectivity index (χ1) is 24.7. The molecule has 228 valence electrons. The number of nitriles is 3. The molecule has 50 heavy (non-hydrogen) atoms. The van der Waals surface area contributed by atoms with E-state index in [-0.39, 0.29) is 0 Å². The summed E-state index contributed by atoms with van der Waals surface area (Å²) in [5.41, 5.74) is 11.2. The van der Waals surface area contributed by atoms with E-state index in [2.05, 4.69) is 100 Å². The Morgan fingerprint density at radius 2 is 1.26 bits per heavy atom. The molecule has 0 unspecified atom stereocenters. The summed E-state index contributed by atoms with van der Waals surface area (Å²) in [4.78, 5) is 0. The van der Waals surface area contributed by atoms with Gasteiger partial charge in [0.05, 0.1) is 68.0 Å². The van der Waals surface area contributed by atoms with Crippen LogP contribution in [0.25, 0.3) is 77.2 Å². The summed E-state index contributed by atoms with van der Waals surface area (Å²) in [7, 11) is 0. The van der Waals surface area contributed by atoms with Crippen molar-refractivity contribution in [3.8, 4) is 51.8 Å². The van der Waals surface area contributed by atoms with Crippen molar-refractivity contribution in [1.82, 2.24) is 9.13 Å². The highest BCUT2D eigenvalue weighted by molar-refractivity contribution is 6.13. The van der Waals surface area contributed by atoms with Crippen molar-refractivity contribution in [3.63, 3.8) is 0 Å². The van der Waals surface area contributed by atoms with Gasteiger partial charge >= 0.3 is 0 Å². The van der Waals surface area contributed by atoms with E-state index in [4.69, 9.17) is 0 Å². The van der Waals surface area contributed by atoms with Gasteiger partial charge in [0.25, 0.3) is 0 Å². The van der Waals surface area contributed by atoms with Crippen LogP contribution in [0.3, 0.4) is 0 Å². The molecule has 0 aliphatic carbocycles. The van der Waals surface area contributed by atoms with Crippen LogP contribution in [0.5, 0.6) is 0 Å². The minimum absolute atomic E-state index is 0.534. The smallest absolute Gasteiger partial charge is 0.0998 e. The number of aromatic nitrogens is 2. The lowest BCUT2D eigenvalue weighted by Crippen LogP contribution is -1.98. The van der Waals surface area contributed by atoms with Crippen LogP contribution >= 0.6 is 0 Å². The fraction of sp³-hybridized carbons (Fsp3) is 0. The Balaban J connectivity index is 1.16. The number of nitrogens with zero attached hydrogens (tertiary/aromatic N) is 5. The van der Waals surface area contributed by atoms with E-state index >= 15 is 0 Å². The first-order valence-corrected chi connectivity index (χ1v) is 16.1. The van der Waals surface area contributed by atoms with Gasteiger partial charge in [-0.05, 0) is 89.5 Å². The average molecular weight is 634 g/mol. The molecule has 2 heterocycles. The molecular formula is C45H23N5. The summed E-state index contributed by atoms with van der Waals surface area (Å²) in [5, 5.41) is 33.9. The Bertz CT molecular complexity index is 2900. The van der Waals surface area contributed by atoms with Crippen LogP contribution in [0.2, 0.25) is 0 Å². The maximum absolute atomic E-state index is 10.4. The van der Waals surface area contributed by atoms with Crippen LogP contribution in [0.1, 0.15) is 16.7 Å². The maximum atomic E-state index is 10.4. The van der Waals surface area contributed by atoms with E-state index in [1.807, 2.05) is 72.8 Å². The zero-order valence-corrected chi connectivity index (χ0v) is 26.5. The zero-order chi connectivity index (χ0) is 33.8. The van der Waals surface area contributed by atoms with Gasteiger partial charge in [-0.2, -0.15) is 15.8 Å². The van der Waals surface area contributed by atoms with Crippen LogP contribution in [0.4, 0.5) is 0 Å². The molecule has 0 saturated carbocycles. The van der Waals surface area contributed by atoms with Gasteiger partial charge in [-0.15, -0.1) is 0 Å². The monoisotopic (exact) mass is 633 g/mol. The highest BCUT2D eigenvalue weighted by Gasteiger charge is 2.19. The number of hydrogen-bond acceptors (Lipinski definition) is 3. The minimum atomic E-state index is 0.534. The van der Waals surface area contributed by atoms with Gasteiger partial charge in [0.15, 0.2) is 0 Å².